The molecule has 0 fully saturated rings. The van der Waals surface area contributed by atoms with E-state index < -0.39 is 0 Å². The molecule has 3 rings (SSSR count). The molecule has 1 unspecified atom stereocenters. The number of aliphatic hydroxyl groups excluding tert-OH is 1. The average molecular weight is 297 g/mol. The summed E-state index contributed by atoms with van der Waals surface area (Å²) in [5.74, 6) is 0.300. The molecular formula is C18H23N3O. The van der Waals surface area contributed by atoms with Crippen molar-refractivity contribution in [2.24, 2.45) is 5.92 Å². The van der Waals surface area contributed by atoms with E-state index in [1.807, 2.05) is 7.05 Å². The van der Waals surface area contributed by atoms with Gasteiger partial charge in [0.05, 0.1) is 18.0 Å². The van der Waals surface area contributed by atoms with E-state index in [2.05, 4.69) is 65.1 Å². The predicted octanol–water partition coefficient (Wildman–Crippen LogP) is 2.07. The lowest BCUT2D eigenvalue weighted by Crippen LogP contribution is -2.29. The zero-order chi connectivity index (χ0) is 15.5. The van der Waals surface area contributed by atoms with Crippen LogP contribution in [0.15, 0.2) is 53.9 Å². The van der Waals surface area contributed by atoms with Crippen LogP contribution in [0.4, 0.5) is 5.69 Å². The van der Waals surface area contributed by atoms with Crippen molar-refractivity contribution in [2.45, 2.75) is 6.42 Å². The second-order valence-corrected chi connectivity index (χ2v) is 5.57. The van der Waals surface area contributed by atoms with E-state index in [9.17, 15) is 5.11 Å². The number of aliphatic hydroxyl groups is 1. The second-order valence-electron chi connectivity index (χ2n) is 5.57. The number of benzene rings is 1. The highest BCUT2D eigenvalue weighted by Gasteiger charge is 2.30. The molecule has 1 aromatic rings. The molecule has 1 aliphatic carbocycles. The Hall–Kier alpha value is -2.20. The van der Waals surface area contributed by atoms with E-state index >= 15 is 0 Å². The van der Waals surface area contributed by atoms with Crippen LogP contribution < -0.4 is 15.5 Å². The van der Waals surface area contributed by atoms with Gasteiger partial charge in [-0.1, -0.05) is 30.4 Å². The summed E-state index contributed by atoms with van der Waals surface area (Å²) in [7, 11) is 4.10. The molecule has 4 heteroatoms. The highest BCUT2D eigenvalue weighted by molar-refractivity contribution is 5.81. The Morgan fingerprint density at radius 1 is 1.32 bits per heavy atom. The highest BCUT2D eigenvalue weighted by atomic mass is 16.3. The third-order valence-electron chi connectivity index (χ3n) is 4.35. The van der Waals surface area contributed by atoms with Gasteiger partial charge in [-0.2, -0.15) is 0 Å². The fraction of sp³-hybridized carbons (Fsp3) is 0.333. The van der Waals surface area contributed by atoms with Crippen molar-refractivity contribution in [1.82, 2.24) is 10.6 Å². The molecule has 2 aliphatic rings. The van der Waals surface area contributed by atoms with Crippen molar-refractivity contribution < 1.29 is 5.11 Å². The van der Waals surface area contributed by atoms with Crippen molar-refractivity contribution in [3.8, 4) is 0 Å². The summed E-state index contributed by atoms with van der Waals surface area (Å²) in [6.07, 6.45) is 7.51. The smallest absolute Gasteiger partial charge is 0.0635 e. The van der Waals surface area contributed by atoms with Crippen molar-refractivity contribution in [3.05, 3.63) is 59.5 Å². The standard InChI is InChI=1S/C18H23N3O/c1-19-17-13-7-3-5-9-15(13)21(2)16-10-6-4-8-14(16)18(17)20-11-12-22/h3-6,8-10,13,19-20,22H,7,11-12H2,1-2H3. The maximum atomic E-state index is 9.22. The number of fused-ring (bicyclic) bond motifs is 2. The number of hydrogen-bond donors (Lipinski definition) is 3. The number of para-hydroxylation sites is 1. The number of anilines is 1. The van der Waals surface area contributed by atoms with Gasteiger partial charge in [0.15, 0.2) is 0 Å². The van der Waals surface area contributed by atoms with Crippen LogP contribution in [0.5, 0.6) is 0 Å². The largest absolute Gasteiger partial charge is 0.395 e. The number of nitrogens with zero attached hydrogens (tertiary/aromatic N) is 1. The van der Waals surface area contributed by atoms with Gasteiger partial charge < -0.3 is 20.6 Å². The van der Waals surface area contributed by atoms with Gasteiger partial charge in [-0.05, 0) is 18.6 Å². The van der Waals surface area contributed by atoms with Crippen LogP contribution in [0, 0.1) is 5.92 Å². The predicted molar refractivity (Wildman–Crippen MR) is 91.2 cm³/mol. The molecule has 0 radical (unpaired) electrons. The molecule has 0 spiro atoms. The summed E-state index contributed by atoms with van der Waals surface area (Å²) >= 11 is 0. The van der Waals surface area contributed by atoms with Crippen LogP contribution in [0.25, 0.3) is 5.70 Å². The monoisotopic (exact) mass is 297 g/mol. The van der Waals surface area contributed by atoms with Crippen molar-refractivity contribution in [2.75, 3.05) is 32.1 Å². The number of allylic oxidation sites excluding steroid dienone is 3. The fourth-order valence-electron chi connectivity index (χ4n) is 3.34. The Kier molecular flexibility index (Phi) is 4.20. The molecule has 0 amide bonds. The van der Waals surface area contributed by atoms with Crippen LogP contribution >= 0.6 is 0 Å². The number of nitrogens with one attached hydrogen (secondary N) is 2. The Labute approximate surface area is 131 Å². The lowest BCUT2D eigenvalue weighted by atomic mass is 9.91. The minimum atomic E-state index is 0.117. The molecule has 0 bridgehead atoms. The first-order valence-corrected chi connectivity index (χ1v) is 7.74. The minimum Gasteiger partial charge on any atom is -0.395 e. The molecule has 116 valence electrons. The summed E-state index contributed by atoms with van der Waals surface area (Å²) in [5, 5.41) is 16.0. The minimum absolute atomic E-state index is 0.117. The zero-order valence-corrected chi connectivity index (χ0v) is 13.1. The first kappa shape index (κ1) is 14.7. The molecule has 1 atom stereocenters. The maximum absolute atomic E-state index is 9.22. The third kappa shape index (κ3) is 2.40. The number of hydrogen-bond acceptors (Lipinski definition) is 4. The van der Waals surface area contributed by atoms with Crippen molar-refractivity contribution >= 4 is 11.4 Å². The topological polar surface area (TPSA) is 47.5 Å². The highest BCUT2D eigenvalue weighted by Crippen LogP contribution is 2.40. The van der Waals surface area contributed by atoms with E-state index in [0.29, 0.717) is 12.5 Å². The fourth-order valence-corrected chi connectivity index (χ4v) is 3.34. The Morgan fingerprint density at radius 2 is 2.14 bits per heavy atom. The molecule has 0 saturated heterocycles. The van der Waals surface area contributed by atoms with Crippen LogP contribution in [0.3, 0.4) is 0 Å². The summed E-state index contributed by atoms with van der Waals surface area (Å²) in [6, 6.07) is 8.40. The van der Waals surface area contributed by atoms with E-state index in [1.54, 1.807) is 0 Å². The molecule has 1 aliphatic heterocycles. The van der Waals surface area contributed by atoms with Gasteiger partial charge in [0.2, 0.25) is 0 Å². The van der Waals surface area contributed by atoms with Crippen molar-refractivity contribution in [3.63, 3.8) is 0 Å². The van der Waals surface area contributed by atoms with Gasteiger partial charge in [0.25, 0.3) is 0 Å². The quantitative estimate of drug-likeness (QED) is 0.796. The lowest BCUT2D eigenvalue weighted by molar-refractivity contribution is 0.299. The summed E-state index contributed by atoms with van der Waals surface area (Å²) in [4.78, 5) is 2.27. The second kappa shape index (κ2) is 6.28. The SMILES string of the molecule is CNC1=C(NCCO)c2ccccc2N(C)C2=CC=CCC21. The van der Waals surface area contributed by atoms with Crippen LogP contribution in [-0.4, -0.2) is 32.4 Å². The molecule has 3 N–H and O–H groups in total. The van der Waals surface area contributed by atoms with Crippen LogP contribution in [-0.2, 0) is 0 Å². The van der Waals surface area contributed by atoms with Gasteiger partial charge in [-0.15, -0.1) is 0 Å². The normalized spacial score (nSPS) is 20.0. The number of rotatable bonds is 4. The van der Waals surface area contributed by atoms with Crippen molar-refractivity contribution in [1.29, 1.82) is 0 Å². The van der Waals surface area contributed by atoms with Gasteiger partial charge in [-0.25, -0.2) is 0 Å². The molecule has 4 nitrogen and oxygen atoms in total. The van der Waals surface area contributed by atoms with E-state index in [4.69, 9.17) is 0 Å². The van der Waals surface area contributed by atoms with Crippen LogP contribution in [0.2, 0.25) is 0 Å². The van der Waals surface area contributed by atoms with Gasteiger partial charge in [-0.3, -0.25) is 0 Å². The molecule has 22 heavy (non-hydrogen) atoms. The third-order valence-corrected chi connectivity index (χ3v) is 4.35. The first-order chi connectivity index (χ1) is 10.8. The molecular weight excluding hydrogens is 274 g/mol. The Balaban J connectivity index is 2.20. The van der Waals surface area contributed by atoms with Gasteiger partial charge in [0.1, 0.15) is 0 Å². The van der Waals surface area contributed by atoms with E-state index in [0.717, 1.165) is 17.7 Å². The van der Waals surface area contributed by atoms with Crippen LogP contribution in [0.1, 0.15) is 12.0 Å². The average Bonchev–Trinajstić information content (AvgIpc) is 2.67. The summed E-state index contributed by atoms with van der Waals surface area (Å²) in [5.41, 5.74) is 5.90. The summed E-state index contributed by atoms with van der Waals surface area (Å²) in [6.45, 7) is 0.659. The van der Waals surface area contributed by atoms with Gasteiger partial charge in [0, 0.05) is 43.5 Å². The van der Waals surface area contributed by atoms with E-state index in [-0.39, 0.29) is 6.61 Å². The van der Waals surface area contributed by atoms with Gasteiger partial charge >= 0.3 is 0 Å². The lowest BCUT2D eigenvalue weighted by Gasteiger charge is -2.30. The first-order valence-electron chi connectivity index (χ1n) is 7.74. The van der Waals surface area contributed by atoms with E-state index in [1.165, 1.54) is 17.1 Å². The molecule has 1 heterocycles. The molecule has 0 aromatic heterocycles. The maximum Gasteiger partial charge on any atom is 0.0635 e. The zero-order valence-electron chi connectivity index (χ0n) is 13.1. The Bertz CT molecular complexity index is 645. The Morgan fingerprint density at radius 3 is 2.91 bits per heavy atom. The molecule has 1 aromatic carbocycles. The summed E-state index contributed by atoms with van der Waals surface area (Å²) < 4.78 is 0. The molecule has 0 saturated carbocycles.